The number of carbonyl (C=O) groups excluding carboxylic acids is 3. The van der Waals surface area contributed by atoms with Crippen LogP contribution in [0, 0.1) is 6.92 Å². The molecule has 8 heteroatoms. The fraction of sp³-hybridized carbons (Fsp3) is 0.188. The van der Waals surface area contributed by atoms with Crippen molar-refractivity contribution in [3.63, 3.8) is 0 Å². The van der Waals surface area contributed by atoms with Gasteiger partial charge in [-0.25, -0.2) is 0 Å². The summed E-state index contributed by atoms with van der Waals surface area (Å²) >= 11 is 0. The molecular weight excluding hydrogens is 314 g/mol. The molecule has 0 aliphatic rings. The number of hydrogen-bond acceptors (Lipinski definition) is 5. The molecule has 0 aliphatic heterocycles. The van der Waals surface area contributed by atoms with Gasteiger partial charge in [-0.3, -0.25) is 25.2 Å². The van der Waals surface area contributed by atoms with E-state index in [1.54, 1.807) is 18.2 Å². The highest BCUT2D eigenvalue weighted by Gasteiger charge is 2.11. The molecule has 0 radical (unpaired) electrons. The SMILES string of the molecule is Cc1cccc(OCC(=O)NNC(=O)CNC(=O)c2ccco2)c1. The van der Waals surface area contributed by atoms with Crippen molar-refractivity contribution in [2.24, 2.45) is 0 Å². The highest BCUT2D eigenvalue weighted by Crippen LogP contribution is 2.11. The summed E-state index contributed by atoms with van der Waals surface area (Å²) in [5.41, 5.74) is 5.36. The van der Waals surface area contributed by atoms with Crippen molar-refractivity contribution in [3.8, 4) is 5.75 Å². The Morgan fingerprint density at radius 1 is 1.08 bits per heavy atom. The van der Waals surface area contributed by atoms with Crippen LogP contribution in [-0.2, 0) is 9.59 Å². The van der Waals surface area contributed by atoms with Crippen LogP contribution in [0.4, 0.5) is 0 Å². The van der Waals surface area contributed by atoms with E-state index in [4.69, 9.17) is 9.15 Å². The predicted octanol–water partition coefficient (Wildman–Crippen LogP) is 0.544. The van der Waals surface area contributed by atoms with E-state index in [1.807, 2.05) is 19.1 Å². The lowest BCUT2D eigenvalue weighted by Crippen LogP contribution is -2.47. The molecule has 24 heavy (non-hydrogen) atoms. The summed E-state index contributed by atoms with van der Waals surface area (Å²) in [6.45, 7) is 1.35. The van der Waals surface area contributed by atoms with Crippen LogP contribution in [0.15, 0.2) is 47.1 Å². The number of hydrazine groups is 1. The van der Waals surface area contributed by atoms with Gasteiger partial charge in [0.15, 0.2) is 12.4 Å². The first-order valence-electron chi connectivity index (χ1n) is 7.13. The lowest BCUT2D eigenvalue weighted by molar-refractivity contribution is -0.129. The zero-order valence-corrected chi connectivity index (χ0v) is 13.0. The molecule has 2 aromatic rings. The van der Waals surface area contributed by atoms with Gasteiger partial charge in [0.05, 0.1) is 12.8 Å². The minimum Gasteiger partial charge on any atom is -0.484 e. The maximum absolute atomic E-state index is 11.6. The molecular formula is C16H17N3O5. The Balaban J connectivity index is 1.64. The van der Waals surface area contributed by atoms with Gasteiger partial charge in [0.1, 0.15) is 5.75 Å². The Hall–Kier alpha value is -3.29. The first-order valence-corrected chi connectivity index (χ1v) is 7.13. The van der Waals surface area contributed by atoms with Crippen molar-refractivity contribution >= 4 is 17.7 Å². The summed E-state index contributed by atoms with van der Waals surface area (Å²) in [5.74, 6) is -0.981. The summed E-state index contributed by atoms with van der Waals surface area (Å²) in [6, 6.07) is 10.3. The van der Waals surface area contributed by atoms with Crippen LogP contribution >= 0.6 is 0 Å². The Bertz CT molecular complexity index is 712. The quantitative estimate of drug-likeness (QED) is 0.670. The molecule has 8 nitrogen and oxygen atoms in total. The Morgan fingerprint density at radius 3 is 2.58 bits per heavy atom. The van der Waals surface area contributed by atoms with E-state index in [-0.39, 0.29) is 18.9 Å². The average molecular weight is 331 g/mol. The van der Waals surface area contributed by atoms with E-state index in [1.165, 1.54) is 12.3 Å². The molecule has 2 rings (SSSR count). The van der Waals surface area contributed by atoms with Gasteiger partial charge in [0.2, 0.25) is 0 Å². The van der Waals surface area contributed by atoms with Crippen molar-refractivity contribution < 1.29 is 23.5 Å². The van der Waals surface area contributed by atoms with Crippen molar-refractivity contribution in [1.82, 2.24) is 16.2 Å². The molecule has 0 spiro atoms. The number of furan rings is 1. The maximum Gasteiger partial charge on any atom is 0.287 e. The van der Waals surface area contributed by atoms with Crippen LogP contribution in [0.3, 0.4) is 0 Å². The molecule has 3 N–H and O–H groups in total. The molecule has 0 atom stereocenters. The smallest absolute Gasteiger partial charge is 0.287 e. The van der Waals surface area contributed by atoms with E-state index < -0.39 is 17.7 Å². The largest absolute Gasteiger partial charge is 0.484 e. The normalized spacial score (nSPS) is 9.88. The lowest BCUT2D eigenvalue weighted by atomic mass is 10.2. The number of aryl methyl sites for hydroxylation is 1. The third-order valence-corrected chi connectivity index (χ3v) is 2.86. The average Bonchev–Trinajstić information content (AvgIpc) is 3.10. The standard InChI is InChI=1S/C16H17N3O5/c1-11-4-2-5-12(8-11)24-10-15(21)19-18-14(20)9-17-16(22)13-6-3-7-23-13/h2-8H,9-10H2,1H3,(H,17,22)(H,18,20)(H,19,21). The highest BCUT2D eigenvalue weighted by atomic mass is 16.5. The van der Waals surface area contributed by atoms with Gasteiger partial charge in [-0.15, -0.1) is 0 Å². The molecule has 1 aromatic heterocycles. The number of amides is 3. The van der Waals surface area contributed by atoms with Gasteiger partial charge in [-0.05, 0) is 36.8 Å². The van der Waals surface area contributed by atoms with E-state index in [9.17, 15) is 14.4 Å². The van der Waals surface area contributed by atoms with Crippen LogP contribution in [0.5, 0.6) is 5.75 Å². The molecule has 126 valence electrons. The second-order valence-electron chi connectivity index (χ2n) is 4.86. The third-order valence-electron chi connectivity index (χ3n) is 2.86. The van der Waals surface area contributed by atoms with Gasteiger partial charge in [0, 0.05) is 0 Å². The Labute approximate surface area is 138 Å². The number of carbonyl (C=O) groups is 3. The number of ether oxygens (including phenoxy) is 1. The number of hydrogen-bond donors (Lipinski definition) is 3. The van der Waals surface area contributed by atoms with Crippen molar-refractivity contribution in [1.29, 1.82) is 0 Å². The maximum atomic E-state index is 11.6. The number of benzene rings is 1. The molecule has 0 bridgehead atoms. The lowest BCUT2D eigenvalue weighted by Gasteiger charge is -2.09. The fourth-order valence-corrected chi connectivity index (χ4v) is 1.73. The second-order valence-corrected chi connectivity index (χ2v) is 4.86. The molecule has 3 amide bonds. The van der Waals surface area contributed by atoms with Crippen LogP contribution in [0.1, 0.15) is 16.1 Å². The number of nitrogens with one attached hydrogen (secondary N) is 3. The zero-order valence-electron chi connectivity index (χ0n) is 13.0. The summed E-state index contributed by atoms with van der Waals surface area (Å²) in [4.78, 5) is 34.6. The van der Waals surface area contributed by atoms with Crippen molar-refractivity contribution in [2.45, 2.75) is 6.92 Å². The zero-order chi connectivity index (χ0) is 17.4. The van der Waals surface area contributed by atoms with Crippen LogP contribution < -0.4 is 20.9 Å². The topological polar surface area (TPSA) is 110 Å². The summed E-state index contributed by atoms with van der Waals surface area (Å²) < 4.78 is 10.2. The van der Waals surface area contributed by atoms with Crippen LogP contribution in [0.25, 0.3) is 0 Å². The van der Waals surface area contributed by atoms with Gasteiger partial charge >= 0.3 is 0 Å². The van der Waals surface area contributed by atoms with Gasteiger partial charge in [-0.1, -0.05) is 12.1 Å². The number of rotatable bonds is 6. The van der Waals surface area contributed by atoms with E-state index in [0.717, 1.165) is 5.56 Å². The fourth-order valence-electron chi connectivity index (χ4n) is 1.73. The molecule has 1 aromatic carbocycles. The second kappa shape index (κ2) is 8.37. The minimum absolute atomic E-state index is 0.0957. The predicted molar refractivity (Wildman–Crippen MR) is 84.0 cm³/mol. The highest BCUT2D eigenvalue weighted by molar-refractivity contribution is 5.94. The molecule has 0 saturated heterocycles. The van der Waals surface area contributed by atoms with Crippen molar-refractivity contribution in [3.05, 3.63) is 54.0 Å². The molecule has 1 heterocycles. The monoisotopic (exact) mass is 331 g/mol. The Morgan fingerprint density at radius 2 is 1.88 bits per heavy atom. The van der Waals surface area contributed by atoms with E-state index in [0.29, 0.717) is 5.75 Å². The molecule has 0 unspecified atom stereocenters. The van der Waals surface area contributed by atoms with Gasteiger partial charge in [-0.2, -0.15) is 0 Å². The van der Waals surface area contributed by atoms with Crippen LogP contribution in [-0.4, -0.2) is 30.9 Å². The summed E-state index contributed by atoms with van der Waals surface area (Å²) in [5, 5.41) is 2.35. The Kier molecular flexibility index (Phi) is 5.95. The third kappa shape index (κ3) is 5.48. The first-order chi connectivity index (χ1) is 11.5. The van der Waals surface area contributed by atoms with Gasteiger partial charge < -0.3 is 14.5 Å². The van der Waals surface area contributed by atoms with Crippen LogP contribution in [0.2, 0.25) is 0 Å². The first kappa shape index (κ1) is 17.1. The van der Waals surface area contributed by atoms with E-state index in [2.05, 4.69) is 16.2 Å². The molecule has 0 saturated carbocycles. The molecule has 0 aliphatic carbocycles. The van der Waals surface area contributed by atoms with Gasteiger partial charge in [0.25, 0.3) is 17.7 Å². The van der Waals surface area contributed by atoms with Crippen molar-refractivity contribution in [2.75, 3.05) is 13.2 Å². The minimum atomic E-state index is -0.584. The summed E-state index contributed by atoms with van der Waals surface area (Å²) in [7, 11) is 0. The summed E-state index contributed by atoms with van der Waals surface area (Å²) in [6.07, 6.45) is 1.35. The van der Waals surface area contributed by atoms with E-state index >= 15 is 0 Å². The molecule has 0 fully saturated rings.